The molecule has 2 aliphatic heterocycles. The van der Waals surface area contributed by atoms with Crippen molar-refractivity contribution in [2.45, 2.75) is 25.1 Å². The van der Waals surface area contributed by atoms with E-state index in [1.165, 1.54) is 0 Å². The van der Waals surface area contributed by atoms with Crippen molar-refractivity contribution in [3.63, 3.8) is 0 Å². The van der Waals surface area contributed by atoms with Crippen LogP contribution in [0.1, 0.15) is 24.9 Å². The molecule has 3 nitrogen and oxygen atoms in total. The number of nitrogens with one attached hydrogen (secondary N) is 2. The molecule has 1 aromatic carbocycles. The molecule has 2 N–H and O–H groups in total. The fourth-order valence-electron chi connectivity index (χ4n) is 2.31. The molecule has 0 radical (unpaired) electrons. The van der Waals surface area contributed by atoms with Crippen LogP contribution in [0.25, 0.3) is 0 Å². The molecule has 2 heterocycles. The highest BCUT2D eigenvalue weighted by Gasteiger charge is 2.41. The minimum atomic E-state index is -0.381. The van der Waals surface area contributed by atoms with E-state index in [0.717, 1.165) is 22.2 Å². The number of fused-ring (bicyclic) bond motifs is 4. The van der Waals surface area contributed by atoms with Gasteiger partial charge in [-0.3, -0.25) is 0 Å². The van der Waals surface area contributed by atoms with Crippen molar-refractivity contribution in [3.05, 3.63) is 28.2 Å². The van der Waals surface area contributed by atoms with Gasteiger partial charge in [0.1, 0.15) is 5.75 Å². The monoisotopic (exact) mass is 298 g/mol. The first-order valence-corrected chi connectivity index (χ1v) is 6.33. The highest BCUT2D eigenvalue weighted by molar-refractivity contribution is 9.10. The minimum Gasteiger partial charge on any atom is -0.468 e. The highest BCUT2D eigenvalue weighted by Crippen LogP contribution is 2.41. The number of benzene rings is 1. The van der Waals surface area contributed by atoms with Gasteiger partial charge in [0.05, 0.1) is 6.04 Å². The van der Waals surface area contributed by atoms with Crippen LogP contribution in [-0.4, -0.2) is 10.8 Å². The Labute approximate surface area is 108 Å². The fraction of sp³-hybridized carbons (Fsp3) is 0.364. The Morgan fingerprint density at radius 1 is 1.56 bits per heavy atom. The van der Waals surface area contributed by atoms with E-state index >= 15 is 0 Å². The van der Waals surface area contributed by atoms with Gasteiger partial charge >= 0.3 is 0 Å². The lowest BCUT2D eigenvalue weighted by atomic mass is 9.92. The van der Waals surface area contributed by atoms with Crippen molar-refractivity contribution in [1.82, 2.24) is 10.6 Å². The molecular weight excluding hydrogens is 288 g/mol. The molecule has 0 spiro atoms. The van der Waals surface area contributed by atoms with Gasteiger partial charge < -0.3 is 15.4 Å². The van der Waals surface area contributed by atoms with Crippen molar-refractivity contribution in [1.29, 1.82) is 0 Å². The fourth-order valence-corrected chi connectivity index (χ4v) is 3.05. The summed E-state index contributed by atoms with van der Waals surface area (Å²) in [6.45, 7) is 2.03. The second-order valence-electron chi connectivity index (χ2n) is 4.37. The van der Waals surface area contributed by atoms with Crippen molar-refractivity contribution < 1.29 is 4.74 Å². The number of rotatable bonds is 0. The molecule has 2 atom stereocenters. The molecule has 1 aromatic rings. The molecule has 0 unspecified atom stereocenters. The van der Waals surface area contributed by atoms with E-state index in [-0.39, 0.29) is 11.8 Å². The van der Waals surface area contributed by atoms with Gasteiger partial charge in [-0.05, 0) is 37.3 Å². The van der Waals surface area contributed by atoms with E-state index in [0.29, 0.717) is 5.11 Å². The standard InChI is InChI=1S/C11H11BrN2OS/c1-11-5-8(13-10(16)14-11)7-4-6(12)2-3-9(7)15-11/h2-4,8H,5H2,1H3,(H2,13,14,16)/t8-,11-/m1/s1. The zero-order chi connectivity index (χ0) is 11.3. The molecule has 0 aromatic heterocycles. The van der Waals surface area contributed by atoms with Crippen LogP contribution >= 0.6 is 28.1 Å². The molecule has 2 aliphatic rings. The van der Waals surface area contributed by atoms with Gasteiger partial charge in [0.2, 0.25) is 0 Å². The van der Waals surface area contributed by atoms with Crippen molar-refractivity contribution in [2.24, 2.45) is 0 Å². The average Bonchev–Trinajstić information content (AvgIpc) is 2.17. The van der Waals surface area contributed by atoms with Gasteiger partial charge in [0.15, 0.2) is 10.8 Å². The van der Waals surface area contributed by atoms with E-state index in [1.807, 2.05) is 19.1 Å². The van der Waals surface area contributed by atoms with Gasteiger partial charge in [-0.1, -0.05) is 15.9 Å². The zero-order valence-electron chi connectivity index (χ0n) is 8.71. The molecule has 1 fully saturated rings. The number of hydrogen-bond acceptors (Lipinski definition) is 2. The summed E-state index contributed by atoms with van der Waals surface area (Å²) in [6.07, 6.45) is 0.872. The lowest BCUT2D eigenvalue weighted by Crippen LogP contribution is -2.62. The van der Waals surface area contributed by atoms with Gasteiger partial charge in [-0.2, -0.15) is 0 Å². The van der Waals surface area contributed by atoms with Crippen LogP contribution in [0, 0.1) is 0 Å². The molecule has 5 heteroatoms. The van der Waals surface area contributed by atoms with Gasteiger partial charge in [0, 0.05) is 16.5 Å². The van der Waals surface area contributed by atoms with Crippen molar-refractivity contribution in [2.75, 3.05) is 0 Å². The van der Waals surface area contributed by atoms with E-state index < -0.39 is 0 Å². The average molecular weight is 299 g/mol. The topological polar surface area (TPSA) is 33.3 Å². The van der Waals surface area contributed by atoms with Crippen LogP contribution in [0.2, 0.25) is 0 Å². The van der Waals surface area contributed by atoms with Crippen molar-refractivity contribution in [3.8, 4) is 5.75 Å². The van der Waals surface area contributed by atoms with Crippen LogP contribution < -0.4 is 15.4 Å². The predicted octanol–water partition coefficient (Wildman–Crippen LogP) is 2.47. The third-order valence-corrected chi connectivity index (χ3v) is 3.67. The Morgan fingerprint density at radius 2 is 2.38 bits per heavy atom. The summed E-state index contributed by atoms with van der Waals surface area (Å²) in [7, 11) is 0. The molecule has 0 saturated carbocycles. The first-order chi connectivity index (χ1) is 7.56. The summed E-state index contributed by atoms with van der Waals surface area (Å²) in [6, 6.07) is 6.30. The third-order valence-electron chi connectivity index (χ3n) is 2.96. The number of halogens is 1. The number of ether oxygens (including phenoxy) is 1. The lowest BCUT2D eigenvalue weighted by molar-refractivity contribution is 0.0250. The van der Waals surface area contributed by atoms with Gasteiger partial charge in [-0.15, -0.1) is 0 Å². The van der Waals surface area contributed by atoms with E-state index in [1.54, 1.807) is 0 Å². The second-order valence-corrected chi connectivity index (χ2v) is 5.69. The summed E-state index contributed by atoms with van der Waals surface area (Å²) in [5.41, 5.74) is 0.782. The Bertz CT molecular complexity index is 479. The summed E-state index contributed by atoms with van der Waals surface area (Å²) < 4.78 is 7.02. The van der Waals surface area contributed by atoms with Gasteiger partial charge in [0.25, 0.3) is 0 Å². The second kappa shape index (κ2) is 3.34. The Hall–Kier alpha value is -0.810. The third kappa shape index (κ3) is 1.58. The summed E-state index contributed by atoms with van der Waals surface area (Å²) in [5, 5.41) is 7.10. The highest BCUT2D eigenvalue weighted by atomic mass is 79.9. The Balaban J connectivity index is 2.10. The molecule has 2 bridgehead atoms. The van der Waals surface area contributed by atoms with Crippen LogP contribution in [0.4, 0.5) is 0 Å². The molecule has 0 amide bonds. The van der Waals surface area contributed by atoms with Crippen LogP contribution in [-0.2, 0) is 0 Å². The number of thiocarbonyl (C=S) groups is 1. The maximum absolute atomic E-state index is 5.96. The SMILES string of the molecule is C[C@@]12C[C@@H](NC(=S)N1)c1cc(Br)ccc1O2. The Kier molecular flexibility index (Phi) is 2.16. The molecular formula is C11H11BrN2OS. The largest absolute Gasteiger partial charge is 0.468 e. The molecule has 0 aliphatic carbocycles. The smallest absolute Gasteiger partial charge is 0.181 e. The normalized spacial score (nSPS) is 30.9. The molecule has 84 valence electrons. The maximum atomic E-state index is 5.96. The van der Waals surface area contributed by atoms with E-state index in [4.69, 9.17) is 17.0 Å². The Morgan fingerprint density at radius 3 is 3.19 bits per heavy atom. The van der Waals surface area contributed by atoms with E-state index in [9.17, 15) is 0 Å². The molecule has 16 heavy (non-hydrogen) atoms. The summed E-state index contributed by atoms with van der Waals surface area (Å²) >= 11 is 8.66. The first-order valence-electron chi connectivity index (χ1n) is 5.13. The van der Waals surface area contributed by atoms with E-state index in [2.05, 4.69) is 32.6 Å². The predicted molar refractivity (Wildman–Crippen MR) is 69.4 cm³/mol. The van der Waals surface area contributed by atoms with Crippen LogP contribution in [0.5, 0.6) is 5.75 Å². The quantitative estimate of drug-likeness (QED) is 0.721. The minimum absolute atomic E-state index is 0.236. The summed E-state index contributed by atoms with van der Waals surface area (Å²) in [5.74, 6) is 0.921. The van der Waals surface area contributed by atoms with Gasteiger partial charge in [-0.25, -0.2) is 0 Å². The van der Waals surface area contributed by atoms with Crippen LogP contribution in [0.3, 0.4) is 0 Å². The zero-order valence-corrected chi connectivity index (χ0v) is 11.1. The first kappa shape index (κ1) is 10.4. The lowest BCUT2D eigenvalue weighted by Gasteiger charge is -2.45. The maximum Gasteiger partial charge on any atom is 0.181 e. The number of hydrogen-bond donors (Lipinski definition) is 2. The summed E-state index contributed by atoms with van der Waals surface area (Å²) in [4.78, 5) is 0. The van der Waals surface area contributed by atoms with Crippen molar-refractivity contribution >= 4 is 33.3 Å². The molecule has 3 rings (SSSR count). The van der Waals surface area contributed by atoms with Crippen LogP contribution in [0.15, 0.2) is 22.7 Å². The molecule has 1 saturated heterocycles.